The van der Waals surface area contributed by atoms with E-state index in [-0.39, 0.29) is 0 Å². The van der Waals surface area contributed by atoms with Crippen LogP contribution in [0.4, 0.5) is 0 Å². The molecule has 2 heteroatoms. The van der Waals surface area contributed by atoms with Gasteiger partial charge in [0.2, 0.25) is 0 Å². The highest BCUT2D eigenvalue weighted by atomic mass is 79.9. The van der Waals surface area contributed by atoms with E-state index in [0.717, 1.165) is 5.92 Å². The fraction of sp³-hybridized carbons (Fsp3) is 1.00. The molecule has 1 aliphatic heterocycles. The van der Waals surface area contributed by atoms with Crippen LogP contribution in [-0.2, 0) is 0 Å². The number of hydrogen-bond acceptors (Lipinski definition) is 1. The van der Waals surface area contributed by atoms with Crippen molar-refractivity contribution in [1.29, 1.82) is 0 Å². The van der Waals surface area contributed by atoms with Gasteiger partial charge in [0.05, 0.1) is 0 Å². The summed E-state index contributed by atoms with van der Waals surface area (Å²) in [6.45, 7) is 6.44. The summed E-state index contributed by atoms with van der Waals surface area (Å²) in [6.07, 6.45) is 11.4. The molecule has 0 spiro atoms. The fourth-order valence-corrected chi connectivity index (χ4v) is 2.94. The average molecular weight is 290 g/mol. The Morgan fingerprint density at radius 3 is 2.19 bits per heavy atom. The van der Waals surface area contributed by atoms with Gasteiger partial charge in [-0.15, -0.1) is 0 Å². The van der Waals surface area contributed by atoms with Gasteiger partial charge in [0.15, 0.2) is 0 Å². The fourth-order valence-electron chi connectivity index (χ4n) is 2.54. The summed E-state index contributed by atoms with van der Waals surface area (Å²) in [7, 11) is 0. The first-order valence-corrected chi connectivity index (χ1v) is 8.23. The quantitative estimate of drug-likeness (QED) is 0.448. The normalized spacial score (nSPS) is 21.8. The van der Waals surface area contributed by atoms with Crippen molar-refractivity contribution in [2.24, 2.45) is 5.92 Å². The summed E-state index contributed by atoms with van der Waals surface area (Å²) in [6, 6.07) is 0. The maximum Gasteiger partial charge on any atom is 0.00313 e. The van der Waals surface area contributed by atoms with Crippen LogP contribution < -0.4 is 0 Å². The Morgan fingerprint density at radius 1 is 1.00 bits per heavy atom. The molecule has 0 N–H and O–H groups in total. The zero-order chi connectivity index (χ0) is 11.6. The zero-order valence-electron chi connectivity index (χ0n) is 10.9. The molecule has 0 aliphatic carbocycles. The van der Waals surface area contributed by atoms with Crippen LogP contribution in [0, 0.1) is 5.92 Å². The number of likely N-dealkylation sites (tertiary alicyclic amines) is 1. The Morgan fingerprint density at radius 2 is 1.62 bits per heavy atom. The van der Waals surface area contributed by atoms with E-state index >= 15 is 0 Å². The largest absolute Gasteiger partial charge is 0.303 e. The van der Waals surface area contributed by atoms with Crippen LogP contribution in [0.1, 0.15) is 58.3 Å². The molecular weight excluding hydrogens is 262 g/mol. The first kappa shape index (κ1) is 14.5. The number of rotatable bonds is 9. The summed E-state index contributed by atoms with van der Waals surface area (Å²) in [5, 5.41) is 1.18. The van der Waals surface area contributed by atoms with Crippen LogP contribution in [0.3, 0.4) is 0 Å². The molecule has 0 radical (unpaired) electrons. The molecular formula is C14H28BrN. The molecule has 0 bridgehead atoms. The van der Waals surface area contributed by atoms with Crippen LogP contribution >= 0.6 is 15.9 Å². The molecule has 1 nitrogen and oxygen atoms in total. The van der Waals surface area contributed by atoms with E-state index in [4.69, 9.17) is 0 Å². The van der Waals surface area contributed by atoms with Gasteiger partial charge in [0.1, 0.15) is 0 Å². The summed E-state index contributed by atoms with van der Waals surface area (Å²) in [4.78, 5) is 2.65. The number of halogens is 1. The van der Waals surface area contributed by atoms with Gasteiger partial charge < -0.3 is 4.90 Å². The van der Waals surface area contributed by atoms with Gasteiger partial charge in [-0.25, -0.2) is 0 Å². The van der Waals surface area contributed by atoms with E-state index in [9.17, 15) is 0 Å². The van der Waals surface area contributed by atoms with Crippen LogP contribution in [-0.4, -0.2) is 29.9 Å². The van der Waals surface area contributed by atoms with Crippen molar-refractivity contribution in [3.8, 4) is 0 Å². The highest BCUT2D eigenvalue weighted by molar-refractivity contribution is 9.09. The zero-order valence-corrected chi connectivity index (χ0v) is 12.5. The van der Waals surface area contributed by atoms with Crippen molar-refractivity contribution in [3.63, 3.8) is 0 Å². The van der Waals surface area contributed by atoms with Crippen LogP contribution in [0.15, 0.2) is 0 Å². The molecule has 0 aromatic carbocycles. The third kappa shape index (κ3) is 6.90. The predicted octanol–water partition coefficient (Wildman–Crippen LogP) is 4.45. The predicted molar refractivity (Wildman–Crippen MR) is 76.3 cm³/mol. The lowest BCUT2D eigenvalue weighted by Crippen LogP contribution is -2.21. The Bertz CT molecular complexity index is 161. The minimum absolute atomic E-state index is 0.948. The lowest BCUT2D eigenvalue weighted by Gasteiger charge is -2.14. The number of nitrogens with zero attached hydrogens (tertiary/aromatic N) is 1. The van der Waals surface area contributed by atoms with Gasteiger partial charge in [-0.1, -0.05) is 55.0 Å². The van der Waals surface area contributed by atoms with E-state index in [1.54, 1.807) is 0 Å². The second-order valence-electron chi connectivity index (χ2n) is 5.36. The molecule has 1 fully saturated rings. The SMILES string of the molecule is CC1CCN(CCCCCCCCCBr)C1. The summed E-state index contributed by atoms with van der Waals surface area (Å²) in [5.41, 5.74) is 0. The molecule has 1 unspecified atom stereocenters. The Labute approximate surface area is 110 Å². The van der Waals surface area contributed by atoms with Crippen molar-refractivity contribution in [3.05, 3.63) is 0 Å². The van der Waals surface area contributed by atoms with Gasteiger partial charge in [-0.3, -0.25) is 0 Å². The standard InChI is InChI=1S/C14H28BrN/c1-14-9-12-16(13-14)11-8-6-4-2-3-5-7-10-15/h14H,2-13H2,1H3. The number of unbranched alkanes of at least 4 members (excludes halogenated alkanes) is 6. The lowest BCUT2D eigenvalue weighted by molar-refractivity contribution is 0.317. The number of hydrogen-bond donors (Lipinski definition) is 0. The monoisotopic (exact) mass is 289 g/mol. The average Bonchev–Trinajstić information content (AvgIpc) is 2.68. The summed E-state index contributed by atoms with van der Waals surface area (Å²) in [5.74, 6) is 0.948. The maximum atomic E-state index is 3.48. The molecule has 96 valence electrons. The van der Waals surface area contributed by atoms with Crippen molar-refractivity contribution >= 4 is 15.9 Å². The Balaban J connectivity index is 1.78. The summed E-state index contributed by atoms with van der Waals surface area (Å²) < 4.78 is 0. The van der Waals surface area contributed by atoms with E-state index in [0.29, 0.717) is 0 Å². The van der Waals surface area contributed by atoms with Crippen LogP contribution in [0.2, 0.25) is 0 Å². The van der Waals surface area contributed by atoms with Crippen molar-refractivity contribution < 1.29 is 0 Å². The minimum Gasteiger partial charge on any atom is -0.303 e. The highest BCUT2D eigenvalue weighted by Gasteiger charge is 2.17. The maximum absolute atomic E-state index is 3.48. The van der Waals surface area contributed by atoms with Gasteiger partial charge in [-0.05, 0) is 38.3 Å². The topological polar surface area (TPSA) is 3.24 Å². The van der Waals surface area contributed by atoms with Crippen molar-refractivity contribution in [2.75, 3.05) is 25.0 Å². The molecule has 0 saturated carbocycles. The van der Waals surface area contributed by atoms with Gasteiger partial charge in [-0.2, -0.15) is 0 Å². The molecule has 1 saturated heterocycles. The second-order valence-corrected chi connectivity index (χ2v) is 6.15. The van der Waals surface area contributed by atoms with Gasteiger partial charge in [0.25, 0.3) is 0 Å². The van der Waals surface area contributed by atoms with Crippen LogP contribution in [0.25, 0.3) is 0 Å². The second kappa shape index (κ2) is 9.47. The molecule has 1 aliphatic rings. The Kier molecular flexibility index (Phi) is 8.58. The summed E-state index contributed by atoms with van der Waals surface area (Å²) >= 11 is 3.48. The van der Waals surface area contributed by atoms with Gasteiger partial charge in [0, 0.05) is 11.9 Å². The van der Waals surface area contributed by atoms with E-state index in [1.165, 1.54) is 76.3 Å². The van der Waals surface area contributed by atoms with E-state index in [2.05, 4.69) is 27.8 Å². The van der Waals surface area contributed by atoms with E-state index < -0.39 is 0 Å². The van der Waals surface area contributed by atoms with Crippen molar-refractivity contribution in [2.45, 2.75) is 58.3 Å². The molecule has 1 rings (SSSR count). The molecule has 0 amide bonds. The third-order valence-corrected chi connectivity index (χ3v) is 4.18. The molecule has 1 heterocycles. The third-order valence-electron chi connectivity index (χ3n) is 3.62. The first-order valence-electron chi connectivity index (χ1n) is 7.11. The molecule has 0 aromatic heterocycles. The Hall–Kier alpha value is 0.440. The molecule has 0 aromatic rings. The highest BCUT2D eigenvalue weighted by Crippen LogP contribution is 2.16. The lowest BCUT2D eigenvalue weighted by atomic mass is 10.1. The molecule has 1 atom stereocenters. The molecule has 16 heavy (non-hydrogen) atoms. The number of alkyl halides is 1. The van der Waals surface area contributed by atoms with Crippen molar-refractivity contribution in [1.82, 2.24) is 4.90 Å². The van der Waals surface area contributed by atoms with Crippen LogP contribution in [0.5, 0.6) is 0 Å². The minimum atomic E-state index is 0.948. The van der Waals surface area contributed by atoms with E-state index in [1.807, 2.05) is 0 Å². The first-order chi connectivity index (χ1) is 7.83. The smallest absolute Gasteiger partial charge is 0.00313 e. The van der Waals surface area contributed by atoms with Gasteiger partial charge >= 0.3 is 0 Å².